The number of nitrogens with one attached hydrogen (secondary N) is 6. The third-order valence-corrected chi connectivity index (χ3v) is 8.71. The molecule has 0 aromatic rings. The van der Waals surface area contributed by atoms with E-state index in [0.717, 1.165) is 0 Å². The summed E-state index contributed by atoms with van der Waals surface area (Å²) in [7, 11) is 0. The van der Waals surface area contributed by atoms with Crippen molar-refractivity contribution in [3.05, 3.63) is 0 Å². The van der Waals surface area contributed by atoms with Crippen LogP contribution in [0.25, 0.3) is 0 Å². The number of hydrogen-bond donors (Lipinski definition) is 13. The molecule has 0 aliphatic rings. The highest BCUT2D eigenvalue weighted by atomic mass is 32.2. The van der Waals surface area contributed by atoms with Gasteiger partial charge < -0.3 is 68.9 Å². The van der Waals surface area contributed by atoms with Crippen LogP contribution >= 0.6 is 11.8 Å². The minimum Gasteiger partial charge on any atom is -0.481 e. The van der Waals surface area contributed by atoms with Crippen molar-refractivity contribution in [2.24, 2.45) is 17.4 Å². The maximum absolute atomic E-state index is 13.5. The minimum atomic E-state index is -1.83. The molecule has 0 unspecified atom stereocenters. The summed E-state index contributed by atoms with van der Waals surface area (Å²) in [6.07, 6.45) is -1.31. The van der Waals surface area contributed by atoms with Crippen molar-refractivity contribution in [2.45, 2.75) is 108 Å². The number of carbonyl (C=O) groups excluding carboxylic acids is 7. The first-order valence-corrected chi connectivity index (χ1v) is 18.3. The Morgan fingerprint density at radius 1 is 0.630 bits per heavy atom. The summed E-state index contributed by atoms with van der Waals surface area (Å²) in [6, 6.07) is -10.9. The highest BCUT2D eigenvalue weighted by Crippen LogP contribution is 2.12. The summed E-state index contributed by atoms with van der Waals surface area (Å²) >= 11 is 1.36. The van der Waals surface area contributed by atoms with E-state index in [2.05, 4.69) is 31.9 Å². The van der Waals surface area contributed by atoms with Gasteiger partial charge in [-0.1, -0.05) is 20.3 Å². The molecular formula is C31H54N8O14S. The first-order chi connectivity index (χ1) is 25.2. The van der Waals surface area contributed by atoms with Crippen LogP contribution in [0.1, 0.15) is 59.3 Å². The second-order valence-corrected chi connectivity index (χ2v) is 13.4. The van der Waals surface area contributed by atoms with E-state index in [0.29, 0.717) is 12.2 Å². The summed E-state index contributed by atoms with van der Waals surface area (Å²) in [5.74, 6) is -10.2. The standard InChI is InChI=1S/C31H54N8O14S/c1-5-14(2)24(30(51)36-18(31(52)53)10-11-54-4)39-26(47)16(6-8-21(32)43)34-25(46)17(7-9-22(44)45)35-27(48)19(12-40)37-28(49)20(13-41)38-29(50)23(33)15(3)42/h14-20,23-24,40-42H,5-13,33H2,1-4H3,(H2,32,43)(H,34,46)(H,35,48)(H,36,51)(H,37,49)(H,38,50)(H,39,47)(H,44,45)(H,52,53)/t14-,15+,16-,17-,18-,19-,20-,23-,24-/m0/s1. The Kier molecular flexibility index (Phi) is 23.3. The Morgan fingerprint density at radius 2 is 1.06 bits per heavy atom. The van der Waals surface area contributed by atoms with Crippen LogP contribution in [0.3, 0.4) is 0 Å². The molecule has 23 heteroatoms. The van der Waals surface area contributed by atoms with Gasteiger partial charge in [-0.15, -0.1) is 0 Å². The van der Waals surface area contributed by atoms with Crippen molar-refractivity contribution in [3.63, 3.8) is 0 Å². The van der Waals surface area contributed by atoms with Gasteiger partial charge in [-0.3, -0.25) is 38.4 Å². The summed E-state index contributed by atoms with van der Waals surface area (Å²) in [5.41, 5.74) is 10.8. The fraction of sp³-hybridized carbons (Fsp3) is 0.710. The molecule has 0 saturated heterocycles. The molecule has 0 spiro atoms. The zero-order valence-electron chi connectivity index (χ0n) is 30.5. The van der Waals surface area contributed by atoms with Gasteiger partial charge in [0, 0.05) is 12.8 Å². The number of carboxylic acids is 2. The molecule has 0 aliphatic heterocycles. The molecule has 308 valence electrons. The summed E-state index contributed by atoms with van der Waals surface area (Å²) in [6.45, 7) is 2.42. The molecule has 0 radical (unpaired) electrons. The van der Waals surface area contributed by atoms with Crippen LogP contribution in [0.15, 0.2) is 0 Å². The Hall–Kier alpha value is -4.58. The van der Waals surface area contributed by atoms with Crippen molar-refractivity contribution in [1.29, 1.82) is 0 Å². The lowest BCUT2D eigenvalue weighted by molar-refractivity contribution is -0.143. The van der Waals surface area contributed by atoms with Crippen LogP contribution in [0, 0.1) is 5.92 Å². The van der Waals surface area contributed by atoms with Gasteiger partial charge in [0.15, 0.2) is 0 Å². The predicted molar refractivity (Wildman–Crippen MR) is 191 cm³/mol. The van der Waals surface area contributed by atoms with E-state index in [1.807, 2.05) is 0 Å². The second kappa shape index (κ2) is 25.4. The highest BCUT2D eigenvalue weighted by Gasteiger charge is 2.35. The van der Waals surface area contributed by atoms with Gasteiger partial charge in [-0.25, -0.2) is 4.79 Å². The van der Waals surface area contributed by atoms with E-state index in [9.17, 15) is 68.7 Å². The number of aliphatic carboxylic acids is 2. The van der Waals surface area contributed by atoms with E-state index in [-0.39, 0.29) is 6.42 Å². The smallest absolute Gasteiger partial charge is 0.326 e. The Bertz CT molecular complexity index is 1320. The van der Waals surface area contributed by atoms with Crippen LogP contribution in [0.4, 0.5) is 0 Å². The number of hydrogen-bond acceptors (Lipinski definition) is 14. The number of aliphatic hydroxyl groups is 3. The zero-order chi connectivity index (χ0) is 41.7. The molecule has 22 nitrogen and oxygen atoms in total. The minimum absolute atomic E-state index is 0.0855. The monoisotopic (exact) mass is 794 g/mol. The lowest BCUT2D eigenvalue weighted by atomic mass is 9.97. The molecule has 9 atom stereocenters. The van der Waals surface area contributed by atoms with Crippen molar-refractivity contribution in [2.75, 3.05) is 25.2 Å². The SMILES string of the molecule is CC[C@H](C)[C@H](NC(=O)[C@H](CCC(N)=O)NC(=O)[C@H](CCC(=O)O)NC(=O)[C@H](CO)NC(=O)[C@H](CO)NC(=O)[C@@H](N)[C@@H](C)O)C(=O)N[C@@H](CCSC)C(=O)O. The number of carbonyl (C=O) groups is 9. The van der Waals surface area contributed by atoms with E-state index in [4.69, 9.17) is 11.5 Å². The number of nitrogens with two attached hydrogens (primary N) is 2. The number of rotatable bonds is 27. The van der Waals surface area contributed by atoms with Gasteiger partial charge in [0.1, 0.15) is 42.3 Å². The second-order valence-electron chi connectivity index (χ2n) is 12.4. The third-order valence-electron chi connectivity index (χ3n) is 8.06. The Labute approximate surface area is 315 Å². The van der Waals surface area contributed by atoms with Crippen LogP contribution in [0.5, 0.6) is 0 Å². The third kappa shape index (κ3) is 18.0. The van der Waals surface area contributed by atoms with Crippen molar-refractivity contribution in [1.82, 2.24) is 31.9 Å². The van der Waals surface area contributed by atoms with Crippen molar-refractivity contribution < 1.29 is 68.7 Å². The van der Waals surface area contributed by atoms with Crippen LogP contribution < -0.4 is 43.4 Å². The molecule has 0 aromatic carbocycles. The van der Waals surface area contributed by atoms with Crippen molar-refractivity contribution in [3.8, 4) is 0 Å². The number of carboxylic acid groups (broad SMARTS) is 2. The molecule has 0 rings (SSSR count). The van der Waals surface area contributed by atoms with E-state index < -0.39 is 147 Å². The quantitative estimate of drug-likeness (QED) is 0.0369. The molecule has 0 heterocycles. The maximum atomic E-state index is 13.5. The number of aliphatic hydroxyl groups excluding tert-OH is 3. The Morgan fingerprint density at radius 3 is 1.46 bits per heavy atom. The predicted octanol–water partition coefficient (Wildman–Crippen LogP) is -5.40. The molecule has 0 aliphatic carbocycles. The van der Waals surface area contributed by atoms with Crippen LogP contribution in [-0.2, 0) is 43.2 Å². The molecule has 0 bridgehead atoms. The van der Waals surface area contributed by atoms with E-state index >= 15 is 0 Å². The highest BCUT2D eigenvalue weighted by molar-refractivity contribution is 7.98. The fourth-order valence-electron chi connectivity index (χ4n) is 4.49. The van der Waals surface area contributed by atoms with Gasteiger partial charge in [-0.2, -0.15) is 11.8 Å². The first-order valence-electron chi connectivity index (χ1n) is 16.9. The topological polar surface area (TPSA) is 379 Å². The lowest BCUT2D eigenvalue weighted by Crippen LogP contribution is -2.61. The lowest BCUT2D eigenvalue weighted by Gasteiger charge is -2.28. The molecule has 7 amide bonds. The summed E-state index contributed by atoms with van der Waals surface area (Å²) in [5, 5.41) is 61.2. The van der Waals surface area contributed by atoms with Gasteiger partial charge in [0.2, 0.25) is 41.4 Å². The summed E-state index contributed by atoms with van der Waals surface area (Å²) in [4.78, 5) is 113. The van der Waals surface area contributed by atoms with E-state index in [1.165, 1.54) is 18.7 Å². The van der Waals surface area contributed by atoms with Gasteiger partial charge >= 0.3 is 11.9 Å². The molecule has 0 fully saturated rings. The normalized spacial score (nSPS) is 16.0. The molecular weight excluding hydrogens is 740 g/mol. The molecule has 54 heavy (non-hydrogen) atoms. The molecule has 15 N–H and O–H groups in total. The average Bonchev–Trinajstić information content (AvgIpc) is 3.11. The van der Waals surface area contributed by atoms with Crippen LogP contribution in [0.2, 0.25) is 0 Å². The molecule has 0 saturated carbocycles. The molecule has 0 aromatic heterocycles. The zero-order valence-corrected chi connectivity index (χ0v) is 31.3. The number of amides is 7. The first kappa shape index (κ1) is 49.4. The Balaban J connectivity index is 6.22. The summed E-state index contributed by atoms with van der Waals surface area (Å²) < 4.78 is 0. The van der Waals surface area contributed by atoms with Gasteiger partial charge in [0.25, 0.3) is 0 Å². The van der Waals surface area contributed by atoms with E-state index in [1.54, 1.807) is 20.1 Å². The fourth-order valence-corrected chi connectivity index (χ4v) is 4.97. The van der Waals surface area contributed by atoms with Gasteiger partial charge in [0.05, 0.1) is 19.3 Å². The number of primary amides is 1. The maximum Gasteiger partial charge on any atom is 0.326 e. The van der Waals surface area contributed by atoms with Gasteiger partial charge in [-0.05, 0) is 44.1 Å². The van der Waals surface area contributed by atoms with Crippen molar-refractivity contribution >= 4 is 65.1 Å². The average molecular weight is 795 g/mol. The number of thioether (sulfide) groups is 1. The van der Waals surface area contributed by atoms with Crippen LogP contribution in [-0.4, -0.2) is 152 Å². The largest absolute Gasteiger partial charge is 0.481 e.